The molecule has 0 radical (unpaired) electrons. The van der Waals surface area contributed by atoms with Crippen LogP contribution >= 0.6 is 0 Å². The normalized spacial score (nSPS) is 11.2. The Hall–Kier alpha value is -2.92. The molecule has 0 aliphatic heterocycles. The van der Waals surface area contributed by atoms with Crippen LogP contribution in [0.1, 0.15) is 43.7 Å². The third-order valence-electron chi connectivity index (χ3n) is 5.12. The Morgan fingerprint density at radius 2 is 1.53 bits per heavy atom. The zero-order valence-corrected chi connectivity index (χ0v) is 17.8. The minimum absolute atomic E-state index is 0.0730. The first kappa shape index (κ1) is 21.8. The van der Waals surface area contributed by atoms with E-state index >= 15 is 0 Å². The van der Waals surface area contributed by atoms with Gasteiger partial charge in [-0.3, -0.25) is 4.79 Å². The van der Waals surface area contributed by atoms with E-state index in [1.54, 1.807) is 12.1 Å². The third-order valence-corrected chi connectivity index (χ3v) is 5.12. The smallest absolute Gasteiger partial charge is 0.344 e. The summed E-state index contributed by atoms with van der Waals surface area (Å²) in [6, 6.07) is 16.8. The van der Waals surface area contributed by atoms with Gasteiger partial charge < -0.3 is 14.6 Å². The van der Waals surface area contributed by atoms with Gasteiger partial charge in [-0.1, -0.05) is 62.4 Å². The molecule has 1 N–H and O–H groups in total. The van der Waals surface area contributed by atoms with Crippen molar-refractivity contribution in [3.63, 3.8) is 0 Å². The molecular formula is C25H30N2O3. The van der Waals surface area contributed by atoms with Crippen LogP contribution in [0.25, 0.3) is 21.9 Å². The summed E-state index contributed by atoms with van der Waals surface area (Å²) in [6.07, 6.45) is 3.09. The van der Waals surface area contributed by atoms with Gasteiger partial charge in [-0.15, -0.1) is 0 Å². The molecule has 3 aromatic rings. The predicted molar refractivity (Wildman–Crippen MR) is 122 cm³/mol. The van der Waals surface area contributed by atoms with E-state index in [0.29, 0.717) is 17.5 Å². The zero-order chi connectivity index (χ0) is 21.3. The molecule has 1 aromatic heterocycles. The van der Waals surface area contributed by atoms with Crippen LogP contribution in [0.2, 0.25) is 0 Å². The molecule has 0 spiro atoms. The fraction of sp³-hybridized carbons (Fsp3) is 0.360. The highest BCUT2D eigenvalue weighted by Crippen LogP contribution is 2.30. The second-order valence-electron chi connectivity index (χ2n) is 7.46. The molecule has 3 rings (SSSR count). The van der Waals surface area contributed by atoms with Gasteiger partial charge in [0.1, 0.15) is 0 Å². The quantitative estimate of drug-likeness (QED) is 0.496. The maximum Gasteiger partial charge on any atom is 0.344 e. The molecule has 0 bridgehead atoms. The van der Waals surface area contributed by atoms with Gasteiger partial charge in [0, 0.05) is 17.5 Å². The van der Waals surface area contributed by atoms with Crippen LogP contribution in [0.15, 0.2) is 63.8 Å². The highest BCUT2D eigenvalue weighted by Gasteiger charge is 2.20. The van der Waals surface area contributed by atoms with E-state index in [-0.39, 0.29) is 11.7 Å². The van der Waals surface area contributed by atoms with Crippen molar-refractivity contribution in [1.29, 1.82) is 0 Å². The summed E-state index contributed by atoms with van der Waals surface area (Å²) in [4.78, 5) is 27.9. The lowest BCUT2D eigenvalue weighted by atomic mass is 9.98. The van der Waals surface area contributed by atoms with Crippen molar-refractivity contribution in [2.24, 2.45) is 0 Å². The van der Waals surface area contributed by atoms with Crippen molar-refractivity contribution in [1.82, 2.24) is 10.2 Å². The first-order valence-electron chi connectivity index (χ1n) is 10.8. The topological polar surface area (TPSA) is 62.6 Å². The van der Waals surface area contributed by atoms with E-state index in [4.69, 9.17) is 4.42 Å². The summed E-state index contributed by atoms with van der Waals surface area (Å²) in [5, 5.41) is 4.14. The molecule has 2 aromatic carbocycles. The lowest BCUT2D eigenvalue weighted by Gasteiger charge is -2.20. The number of benzene rings is 2. The average Bonchev–Trinajstić information content (AvgIpc) is 2.77. The van der Waals surface area contributed by atoms with Gasteiger partial charge in [0.15, 0.2) is 0 Å². The molecule has 158 valence electrons. The van der Waals surface area contributed by atoms with E-state index in [0.717, 1.165) is 49.8 Å². The number of nitrogens with one attached hydrogen (secondary N) is 1. The van der Waals surface area contributed by atoms with Crippen molar-refractivity contribution in [3.05, 3.63) is 70.8 Å². The molecular weight excluding hydrogens is 376 g/mol. The minimum Gasteiger partial charge on any atom is -0.416 e. The molecule has 0 atom stereocenters. The summed E-state index contributed by atoms with van der Waals surface area (Å²) >= 11 is 0. The van der Waals surface area contributed by atoms with Crippen LogP contribution in [0.5, 0.6) is 0 Å². The summed E-state index contributed by atoms with van der Waals surface area (Å²) < 4.78 is 5.52. The Morgan fingerprint density at radius 1 is 0.900 bits per heavy atom. The van der Waals surface area contributed by atoms with E-state index in [1.165, 1.54) is 0 Å². The Morgan fingerprint density at radius 3 is 2.20 bits per heavy atom. The van der Waals surface area contributed by atoms with Gasteiger partial charge in [0.2, 0.25) is 5.76 Å². The maximum atomic E-state index is 13.0. The van der Waals surface area contributed by atoms with Gasteiger partial charge in [-0.25, -0.2) is 4.79 Å². The second-order valence-corrected chi connectivity index (χ2v) is 7.46. The first-order chi connectivity index (χ1) is 14.7. The monoisotopic (exact) mass is 406 g/mol. The maximum absolute atomic E-state index is 13.0. The van der Waals surface area contributed by atoms with Crippen LogP contribution in [-0.2, 0) is 0 Å². The highest BCUT2D eigenvalue weighted by atomic mass is 16.4. The molecule has 0 unspecified atom stereocenters. The lowest BCUT2D eigenvalue weighted by Crippen LogP contribution is -2.31. The third kappa shape index (κ3) is 5.16. The number of hydrogen-bond acceptors (Lipinski definition) is 4. The van der Waals surface area contributed by atoms with Gasteiger partial charge in [0.05, 0.1) is 5.39 Å². The number of rotatable bonds is 10. The van der Waals surface area contributed by atoms with Crippen molar-refractivity contribution < 1.29 is 9.21 Å². The SMILES string of the molecule is CCCN(CCC)CCCNC(=O)c1oc(=O)c2ccccc2c1-c1ccccc1. The summed E-state index contributed by atoms with van der Waals surface area (Å²) in [5.74, 6) is -0.280. The predicted octanol–water partition coefficient (Wildman–Crippen LogP) is 4.70. The van der Waals surface area contributed by atoms with Crippen LogP contribution in [0.4, 0.5) is 0 Å². The molecule has 1 amide bonds. The summed E-state index contributed by atoms with van der Waals surface area (Å²) in [6.45, 7) is 7.97. The van der Waals surface area contributed by atoms with Gasteiger partial charge in [-0.05, 0) is 50.5 Å². The average molecular weight is 407 g/mol. The Bertz CT molecular complexity index is 1020. The summed E-state index contributed by atoms with van der Waals surface area (Å²) in [7, 11) is 0. The lowest BCUT2D eigenvalue weighted by molar-refractivity contribution is 0.0921. The zero-order valence-electron chi connectivity index (χ0n) is 17.8. The largest absolute Gasteiger partial charge is 0.416 e. The number of carbonyl (C=O) groups excluding carboxylic acids is 1. The number of carbonyl (C=O) groups is 1. The number of nitrogens with zero attached hydrogens (tertiary/aromatic N) is 1. The molecule has 0 saturated carbocycles. The fourth-order valence-electron chi connectivity index (χ4n) is 3.80. The number of hydrogen-bond donors (Lipinski definition) is 1. The Labute approximate surface area is 177 Å². The van der Waals surface area contributed by atoms with E-state index in [1.807, 2.05) is 42.5 Å². The highest BCUT2D eigenvalue weighted by molar-refractivity contribution is 6.07. The Balaban J connectivity index is 1.83. The standard InChI is InChI=1S/C25H30N2O3/c1-3-16-27(17-4-2)18-10-15-26-24(28)23-22(19-11-6-5-7-12-19)20-13-8-9-14-21(20)25(29)30-23/h5-9,11-14H,3-4,10,15-18H2,1-2H3,(H,26,28). The Kier molecular flexibility index (Phi) is 7.80. The van der Waals surface area contributed by atoms with E-state index in [2.05, 4.69) is 24.1 Å². The van der Waals surface area contributed by atoms with Crippen LogP contribution in [-0.4, -0.2) is 37.0 Å². The van der Waals surface area contributed by atoms with Crippen molar-refractivity contribution in [2.45, 2.75) is 33.1 Å². The molecule has 5 nitrogen and oxygen atoms in total. The van der Waals surface area contributed by atoms with Gasteiger partial charge in [0.25, 0.3) is 5.91 Å². The van der Waals surface area contributed by atoms with Crippen molar-refractivity contribution >= 4 is 16.7 Å². The molecule has 1 heterocycles. The van der Waals surface area contributed by atoms with Gasteiger partial charge in [-0.2, -0.15) is 0 Å². The van der Waals surface area contributed by atoms with E-state index < -0.39 is 5.63 Å². The molecule has 0 fully saturated rings. The summed E-state index contributed by atoms with van der Waals surface area (Å²) in [5.41, 5.74) is 1.01. The van der Waals surface area contributed by atoms with Crippen LogP contribution in [0.3, 0.4) is 0 Å². The second kappa shape index (κ2) is 10.7. The fourth-order valence-corrected chi connectivity index (χ4v) is 3.80. The van der Waals surface area contributed by atoms with Crippen molar-refractivity contribution in [3.8, 4) is 11.1 Å². The molecule has 30 heavy (non-hydrogen) atoms. The molecule has 0 aliphatic carbocycles. The number of amides is 1. The molecule has 5 heteroatoms. The van der Waals surface area contributed by atoms with Crippen LogP contribution < -0.4 is 10.9 Å². The minimum atomic E-state index is -0.493. The van der Waals surface area contributed by atoms with Gasteiger partial charge >= 0.3 is 5.63 Å². The molecule has 0 aliphatic rings. The number of fused-ring (bicyclic) bond motifs is 1. The molecule has 0 saturated heterocycles. The first-order valence-corrected chi connectivity index (χ1v) is 10.8. The van der Waals surface area contributed by atoms with Crippen LogP contribution in [0, 0.1) is 0 Å². The van der Waals surface area contributed by atoms with E-state index in [9.17, 15) is 9.59 Å². The van der Waals surface area contributed by atoms with Crippen molar-refractivity contribution in [2.75, 3.05) is 26.2 Å².